The van der Waals surface area contributed by atoms with Crippen molar-refractivity contribution in [2.45, 2.75) is 19.8 Å². The largest absolute Gasteiger partial charge is 0.478 e. The summed E-state index contributed by atoms with van der Waals surface area (Å²) >= 11 is 0. The van der Waals surface area contributed by atoms with Gasteiger partial charge in [-0.25, -0.2) is 9.78 Å². The molecule has 0 saturated carbocycles. The average molecular weight is 374 g/mol. The molecule has 140 valence electrons. The van der Waals surface area contributed by atoms with E-state index >= 15 is 0 Å². The first kappa shape index (κ1) is 17.9. The second-order valence-electron chi connectivity index (χ2n) is 7.14. The Balaban J connectivity index is 2.00. The Hall–Kier alpha value is -3.54. The number of rotatable bonds is 3. The number of aromatic nitrogens is 1. The van der Waals surface area contributed by atoms with E-state index in [1.54, 1.807) is 42.5 Å². The van der Waals surface area contributed by atoms with Crippen molar-refractivity contribution in [2.75, 3.05) is 0 Å². The van der Waals surface area contributed by atoms with E-state index < -0.39 is 10.9 Å². The molecule has 0 aliphatic heterocycles. The normalized spacial score (nSPS) is 17.5. The number of aromatic carboxylic acids is 1. The standard InChI is InChI=1S/C22H18N2O4/c1-13-10-15(12-14-6-2-5-9-19(14)24(27)28)21-17(11-13)20(22(25)26)16-7-3-4-8-18(16)23-21/h2-9,12-13H,10-11H2,1H3,(H,25,26)/b15-12+/t13-/m1/s1. The Morgan fingerprint density at radius 1 is 1.18 bits per heavy atom. The summed E-state index contributed by atoms with van der Waals surface area (Å²) in [5.74, 6) is -0.767. The zero-order chi connectivity index (χ0) is 19.8. The van der Waals surface area contributed by atoms with Crippen LogP contribution in [0.5, 0.6) is 0 Å². The first-order chi connectivity index (χ1) is 13.5. The van der Waals surface area contributed by atoms with Gasteiger partial charge < -0.3 is 5.11 Å². The van der Waals surface area contributed by atoms with Gasteiger partial charge in [0.25, 0.3) is 5.69 Å². The first-order valence-corrected chi connectivity index (χ1v) is 9.05. The Morgan fingerprint density at radius 3 is 2.64 bits per heavy atom. The minimum absolute atomic E-state index is 0.0222. The molecule has 2 aromatic carbocycles. The Morgan fingerprint density at radius 2 is 1.89 bits per heavy atom. The molecule has 1 aliphatic carbocycles. The lowest BCUT2D eigenvalue weighted by Gasteiger charge is -2.26. The molecule has 6 nitrogen and oxygen atoms in total. The molecule has 0 bridgehead atoms. The molecule has 1 N–H and O–H groups in total. The van der Waals surface area contributed by atoms with Gasteiger partial charge in [0.1, 0.15) is 0 Å². The van der Waals surface area contributed by atoms with Crippen molar-refractivity contribution in [3.63, 3.8) is 0 Å². The summed E-state index contributed by atoms with van der Waals surface area (Å²) in [6.07, 6.45) is 3.08. The number of carboxylic acids is 1. The van der Waals surface area contributed by atoms with Gasteiger partial charge in [-0.3, -0.25) is 10.1 Å². The fraction of sp³-hybridized carbons (Fsp3) is 0.182. The van der Waals surface area contributed by atoms with Crippen LogP contribution in [0.2, 0.25) is 0 Å². The van der Waals surface area contributed by atoms with Crippen molar-refractivity contribution in [3.05, 3.63) is 81.0 Å². The second kappa shape index (κ2) is 6.88. The summed E-state index contributed by atoms with van der Waals surface area (Å²) in [6.45, 7) is 2.05. The summed E-state index contributed by atoms with van der Waals surface area (Å²) in [5, 5.41) is 21.9. The average Bonchev–Trinajstić information content (AvgIpc) is 2.66. The lowest BCUT2D eigenvalue weighted by atomic mass is 9.80. The molecule has 4 rings (SSSR count). The van der Waals surface area contributed by atoms with E-state index in [4.69, 9.17) is 4.98 Å². The van der Waals surface area contributed by atoms with Crippen LogP contribution < -0.4 is 0 Å². The highest BCUT2D eigenvalue weighted by atomic mass is 16.6. The number of benzene rings is 2. The Labute approximate surface area is 161 Å². The highest BCUT2D eigenvalue weighted by molar-refractivity contribution is 6.06. The van der Waals surface area contributed by atoms with Gasteiger partial charge in [0.2, 0.25) is 0 Å². The van der Waals surface area contributed by atoms with Crippen LogP contribution in [0, 0.1) is 16.0 Å². The number of allylic oxidation sites excluding steroid dienone is 1. The smallest absolute Gasteiger partial charge is 0.336 e. The molecule has 0 saturated heterocycles. The Kier molecular flexibility index (Phi) is 4.39. The predicted molar refractivity (Wildman–Crippen MR) is 107 cm³/mol. The highest BCUT2D eigenvalue weighted by Gasteiger charge is 2.28. The molecule has 3 aromatic rings. The molecular formula is C22H18N2O4. The first-order valence-electron chi connectivity index (χ1n) is 9.05. The molecule has 0 fully saturated rings. The van der Waals surface area contributed by atoms with E-state index in [0.29, 0.717) is 40.6 Å². The number of nitro groups is 1. The molecule has 1 aromatic heterocycles. The molecule has 0 radical (unpaired) electrons. The maximum Gasteiger partial charge on any atom is 0.336 e. The van der Waals surface area contributed by atoms with Gasteiger partial charge in [-0.1, -0.05) is 37.3 Å². The summed E-state index contributed by atoms with van der Waals surface area (Å²) < 4.78 is 0. The summed E-state index contributed by atoms with van der Waals surface area (Å²) in [4.78, 5) is 27.8. The van der Waals surface area contributed by atoms with Gasteiger partial charge in [-0.2, -0.15) is 0 Å². The molecule has 1 atom stereocenters. The maximum atomic E-state index is 12.1. The molecule has 6 heteroatoms. The minimum Gasteiger partial charge on any atom is -0.478 e. The molecule has 1 heterocycles. The zero-order valence-corrected chi connectivity index (χ0v) is 15.3. The fourth-order valence-corrected chi connectivity index (χ4v) is 3.94. The van der Waals surface area contributed by atoms with Gasteiger partial charge in [-0.05, 0) is 48.1 Å². The van der Waals surface area contributed by atoms with Crippen LogP contribution in [0.25, 0.3) is 22.6 Å². The zero-order valence-electron chi connectivity index (χ0n) is 15.3. The van der Waals surface area contributed by atoms with Crippen molar-refractivity contribution in [1.82, 2.24) is 4.98 Å². The number of nitrogens with zero attached hydrogens (tertiary/aromatic N) is 2. The molecule has 0 unspecified atom stereocenters. The van der Waals surface area contributed by atoms with Gasteiger partial charge in [-0.15, -0.1) is 0 Å². The number of para-hydroxylation sites is 2. The van der Waals surface area contributed by atoms with E-state index in [9.17, 15) is 20.0 Å². The summed E-state index contributed by atoms with van der Waals surface area (Å²) in [5.41, 5.74) is 3.57. The van der Waals surface area contributed by atoms with E-state index in [-0.39, 0.29) is 17.2 Å². The number of nitro benzene ring substituents is 1. The van der Waals surface area contributed by atoms with Crippen LogP contribution in [-0.4, -0.2) is 21.0 Å². The van der Waals surface area contributed by atoms with Crippen LogP contribution in [0.1, 0.15) is 40.5 Å². The third-order valence-corrected chi connectivity index (χ3v) is 5.10. The second-order valence-corrected chi connectivity index (χ2v) is 7.14. The number of hydrogen-bond acceptors (Lipinski definition) is 4. The van der Waals surface area contributed by atoms with E-state index in [1.165, 1.54) is 6.07 Å². The van der Waals surface area contributed by atoms with Gasteiger partial charge in [0.05, 0.1) is 27.3 Å². The van der Waals surface area contributed by atoms with Crippen LogP contribution in [0.15, 0.2) is 48.5 Å². The quantitative estimate of drug-likeness (QED) is 0.516. The number of carbonyl (C=O) groups is 1. The van der Waals surface area contributed by atoms with Crippen LogP contribution in [-0.2, 0) is 6.42 Å². The third kappa shape index (κ3) is 3.03. The number of pyridine rings is 1. The lowest BCUT2D eigenvalue weighted by Crippen LogP contribution is -2.17. The summed E-state index contributed by atoms with van der Waals surface area (Å²) in [6, 6.07) is 13.7. The topological polar surface area (TPSA) is 93.3 Å². The number of hydrogen-bond donors (Lipinski definition) is 1. The SMILES string of the molecule is C[C@@H]1C/C(=C\c2ccccc2[N+](=O)[O-])c2nc3ccccc3c(C(=O)O)c2C1. The minimum atomic E-state index is -0.978. The molecular weight excluding hydrogens is 356 g/mol. The van der Waals surface area contributed by atoms with E-state index in [2.05, 4.69) is 6.92 Å². The van der Waals surface area contributed by atoms with Gasteiger partial charge in [0, 0.05) is 11.5 Å². The van der Waals surface area contributed by atoms with Crippen LogP contribution in [0.4, 0.5) is 5.69 Å². The number of fused-ring (bicyclic) bond motifs is 2. The van der Waals surface area contributed by atoms with Gasteiger partial charge >= 0.3 is 5.97 Å². The van der Waals surface area contributed by atoms with Crippen molar-refractivity contribution >= 4 is 34.2 Å². The molecule has 28 heavy (non-hydrogen) atoms. The lowest BCUT2D eigenvalue weighted by molar-refractivity contribution is -0.385. The highest BCUT2D eigenvalue weighted by Crippen LogP contribution is 2.39. The predicted octanol–water partition coefficient (Wildman–Crippen LogP) is 4.96. The van der Waals surface area contributed by atoms with Crippen molar-refractivity contribution < 1.29 is 14.8 Å². The number of carboxylic acid groups (broad SMARTS) is 1. The monoisotopic (exact) mass is 374 g/mol. The third-order valence-electron chi connectivity index (χ3n) is 5.10. The summed E-state index contributed by atoms with van der Waals surface area (Å²) in [7, 11) is 0. The van der Waals surface area contributed by atoms with Crippen LogP contribution in [0.3, 0.4) is 0 Å². The van der Waals surface area contributed by atoms with E-state index in [0.717, 1.165) is 5.57 Å². The van der Waals surface area contributed by atoms with Crippen molar-refractivity contribution in [1.29, 1.82) is 0 Å². The molecule has 0 spiro atoms. The van der Waals surface area contributed by atoms with Gasteiger partial charge in [0.15, 0.2) is 0 Å². The maximum absolute atomic E-state index is 12.1. The van der Waals surface area contributed by atoms with Crippen molar-refractivity contribution in [3.8, 4) is 0 Å². The van der Waals surface area contributed by atoms with Crippen molar-refractivity contribution in [2.24, 2.45) is 5.92 Å². The molecule has 0 amide bonds. The molecule has 1 aliphatic rings. The van der Waals surface area contributed by atoms with E-state index in [1.807, 2.05) is 6.07 Å². The fourth-order valence-electron chi connectivity index (χ4n) is 3.94. The Bertz CT molecular complexity index is 1150. The van der Waals surface area contributed by atoms with Crippen LogP contribution >= 0.6 is 0 Å².